The SMILES string of the molecule is COc1cc(Cc2c[nH]c3ncccc23)c(F)cc1OCCC1CCCC1. The smallest absolute Gasteiger partial charge is 0.164 e. The molecule has 1 N–H and O–H groups in total. The van der Waals surface area contributed by atoms with E-state index in [0.29, 0.717) is 30.1 Å². The van der Waals surface area contributed by atoms with Crippen molar-refractivity contribution < 1.29 is 13.9 Å². The summed E-state index contributed by atoms with van der Waals surface area (Å²) in [6.07, 6.45) is 10.3. The van der Waals surface area contributed by atoms with Crippen LogP contribution in [0.5, 0.6) is 11.5 Å². The fourth-order valence-corrected chi connectivity index (χ4v) is 3.98. The molecule has 4 rings (SSSR count). The Kier molecular flexibility index (Phi) is 5.28. The average Bonchev–Trinajstić information content (AvgIpc) is 3.34. The molecule has 5 heteroatoms. The quantitative estimate of drug-likeness (QED) is 0.619. The van der Waals surface area contributed by atoms with Crippen molar-refractivity contribution in [3.63, 3.8) is 0 Å². The molecule has 4 nitrogen and oxygen atoms in total. The molecule has 0 spiro atoms. The number of pyridine rings is 1. The molecule has 0 amide bonds. The van der Waals surface area contributed by atoms with Crippen LogP contribution in [0.3, 0.4) is 0 Å². The van der Waals surface area contributed by atoms with Crippen LogP contribution in [-0.4, -0.2) is 23.7 Å². The van der Waals surface area contributed by atoms with Gasteiger partial charge in [-0.1, -0.05) is 25.7 Å². The van der Waals surface area contributed by atoms with Gasteiger partial charge in [0.1, 0.15) is 11.5 Å². The molecule has 142 valence electrons. The molecule has 0 radical (unpaired) electrons. The molecule has 1 aliphatic rings. The van der Waals surface area contributed by atoms with Gasteiger partial charge in [-0.05, 0) is 41.7 Å². The lowest BCUT2D eigenvalue weighted by Crippen LogP contribution is -2.06. The van der Waals surface area contributed by atoms with Gasteiger partial charge in [-0.25, -0.2) is 9.37 Å². The van der Waals surface area contributed by atoms with Crippen molar-refractivity contribution >= 4 is 11.0 Å². The number of hydrogen-bond acceptors (Lipinski definition) is 3. The van der Waals surface area contributed by atoms with Gasteiger partial charge in [0.15, 0.2) is 11.5 Å². The van der Waals surface area contributed by atoms with Gasteiger partial charge in [-0.3, -0.25) is 0 Å². The zero-order valence-corrected chi connectivity index (χ0v) is 15.6. The number of ether oxygens (including phenoxy) is 2. The largest absolute Gasteiger partial charge is 0.493 e. The summed E-state index contributed by atoms with van der Waals surface area (Å²) in [5, 5.41) is 1.01. The maximum Gasteiger partial charge on any atom is 0.164 e. The fraction of sp³-hybridized carbons (Fsp3) is 0.409. The summed E-state index contributed by atoms with van der Waals surface area (Å²) in [6, 6.07) is 7.08. The highest BCUT2D eigenvalue weighted by atomic mass is 19.1. The second-order valence-corrected chi connectivity index (χ2v) is 7.27. The standard InChI is InChI=1S/C22H25FN2O2/c1-26-20-12-16(11-17-14-25-22-18(17)7-4-9-24-22)19(23)13-21(20)27-10-8-15-5-2-3-6-15/h4,7,9,12-15H,2-3,5-6,8,10-11H2,1H3,(H,24,25). The Morgan fingerprint density at radius 1 is 1.19 bits per heavy atom. The van der Waals surface area contributed by atoms with Gasteiger partial charge in [0.25, 0.3) is 0 Å². The minimum Gasteiger partial charge on any atom is -0.493 e. The Bertz CT molecular complexity index is 916. The second-order valence-electron chi connectivity index (χ2n) is 7.27. The van der Waals surface area contributed by atoms with E-state index < -0.39 is 0 Å². The number of rotatable bonds is 7. The Balaban J connectivity index is 1.50. The highest BCUT2D eigenvalue weighted by Crippen LogP contribution is 2.33. The van der Waals surface area contributed by atoms with Gasteiger partial charge in [0.05, 0.1) is 13.7 Å². The minimum atomic E-state index is -0.273. The van der Waals surface area contributed by atoms with Crippen molar-refractivity contribution in [2.45, 2.75) is 38.5 Å². The molecule has 1 aliphatic carbocycles. The van der Waals surface area contributed by atoms with E-state index in [2.05, 4.69) is 9.97 Å². The lowest BCUT2D eigenvalue weighted by molar-refractivity contribution is 0.263. The zero-order valence-electron chi connectivity index (χ0n) is 15.6. The average molecular weight is 368 g/mol. The predicted molar refractivity (Wildman–Crippen MR) is 104 cm³/mol. The van der Waals surface area contributed by atoms with Crippen molar-refractivity contribution in [1.29, 1.82) is 0 Å². The van der Waals surface area contributed by atoms with E-state index in [1.807, 2.05) is 18.3 Å². The molecule has 0 bridgehead atoms. The van der Waals surface area contributed by atoms with Crippen LogP contribution < -0.4 is 9.47 Å². The van der Waals surface area contributed by atoms with E-state index in [-0.39, 0.29) is 5.82 Å². The van der Waals surface area contributed by atoms with E-state index in [9.17, 15) is 4.39 Å². The Labute approximate surface area is 158 Å². The van der Waals surface area contributed by atoms with E-state index in [0.717, 1.165) is 28.9 Å². The Morgan fingerprint density at radius 3 is 2.85 bits per heavy atom. The zero-order chi connectivity index (χ0) is 18.6. The molecule has 2 heterocycles. The number of methoxy groups -OCH3 is 1. The van der Waals surface area contributed by atoms with Crippen LogP contribution in [-0.2, 0) is 6.42 Å². The normalized spacial score (nSPS) is 14.7. The first-order valence-electron chi connectivity index (χ1n) is 9.65. The first kappa shape index (κ1) is 17.8. The number of aromatic amines is 1. The van der Waals surface area contributed by atoms with E-state index in [1.54, 1.807) is 19.4 Å². The number of benzene rings is 1. The number of fused-ring (bicyclic) bond motifs is 1. The van der Waals surface area contributed by atoms with Gasteiger partial charge in [-0.15, -0.1) is 0 Å². The number of nitrogens with one attached hydrogen (secondary N) is 1. The molecular formula is C22H25FN2O2. The predicted octanol–water partition coefficient (Wildman–Crippen LogP) is 5.26. The molecule has 1 aromatic carbocycles. The highest BCUT2D eigenvalue weighted by Gasteiger charge is 2.17. The summed E-state index contributed by atoms with van der Waals surface area (Å²) in [7, 11) is 1.59. The molecule has 0 unspecified atom stereocenters. The molecule has 0 atom stereocenters. The third-order valence-electron chi connectivity index (χ3n) is 5.51. The molecule has 1 saturated carbocycles. The summed E-state index contributed by atoms with van der Waals surface area (Å²) in [4.78, 5) is 7.42. The van der Waals surface area contributed by atoms with Gasteiger partial charge in [0, 0.05) is 30.3 Å². The number of halogens is 1. The second kappa shape index (κ2) is 7.99. The third-order valence-corrected chi connectivity index (χ3v) is 5.51. The van der Waals surface area contributed by atoms with Crippen LogP contribution in [0.15, 0.2) is 36.7 Å². The van der Waals surface area contributed by atoms with Gasteiger partial charge in [-0.2, -0.15) is 0 Å². The summed E-state index contributed by atoms with van der Waals surface area (Å²) in [5.74, 6) is 1.54. The van der Waals surface area contributed by atoms with Crippen LogP contribution in [0.1, 0.15) is 43.2 Å². The summed E-state index contributed by atoms with van der Waals surface area (Å²) < 4.78 is 26.0. The summed E-state index contributed by atoms with van der Waals surface area (Å²) in [6.45, 7) is 0.605. The summed E-state index contributed by atoms with van der Waals surface area (Å²) >= 11 is 0. The maximum atomic E-state index is 14.7. The number of nitrogens with zero attached hydrogens (tertiary/aromatic N) is 1. The van der Waals surface area contributed by atoms with Crippen molar-refractivity contribution in [3.05, 3.63) is 53.6 Å². The van der Waals surface area contributed by atoms with E-state index in [4.69, 9.17) is 9.47 Å². The molecule has 3 aromatic rings. The third kappa shape index (κ3) is 3.92. The monoisotopic (exact) mass is 368 g/mol. The molecule has 27 heavy (non-hydrogen) atoms. The van der Waals surface area contributed by atoms with Gasteiger partial charge in [0.2, 0.25) is 0 Å². The van der Waals surface area contributed by atoms with Crippen molar-refractivity contribution in [1.82, 2.24) is 9.97 Å². The Morgan fingerprint density at radius 2 is 2.04 bits per heavy atom. The lowest BCUT2D eigenvalue weighted by atomic mass is 10.0. The topological polar surface area (TPSA) is 47.1 Å². The van der Waals surface area contributed by atoms with Crippen LogP contribution in [0.2, 0.25) is 0 Å². The van der Waals surface area contributed by atoms with Crippen LogP contribution in [0.25, 0.3) is 11.0 Å². The first-order chi connectivity index (χ1) is 13.2. The van der Waals surface area contributed by atoms with Crippen molar-refractivity contribution in [3.8, 4) is 11.5 Å². The van der Waals surface area contributed by atoms with Gasteiger partial charge >= 0.3 is 0 Å². The number of aromatic nitrogens is 2. The van der Waals surface area contributed by atoms with Crippen molar-refractivity contribution in [2.75, 3.05) is 13.7 Å². The lowest BCUT2D eigenvalue weighted by Gasteiger charge is -2.15. The van der Waals surface area contributed by atoms with Crippen molar-refractivity contribution in [2.24, 2.45) is 5.92 Å². The number of hydrogen-bond donors (Lipinski definition) is 1. The first-order valence-corrected chi connectivity index (χ1v) is 9.65. The summed E-state index contributed by atoms with van der Waals surface area (Å²) in [5.41, 5.74) is 2.40. The highest BCUT2D eigenvalue weighted by molar-refractivity contribution is 5.79. The van der Waals surface area contributed by atoms with Crippen LogP contribution >= 0.6 is 0 Å². The fourth-order valence-electron chi connectivity index (χ4n) is 3.98. The van der Waals surface area contributed by atoms with Crippen LogP contribution in [0, 0.1) is 11.7 Å². The minimum absolute atomic E-state index is 0.273. The van der Waals surface area contributed by atoms with E-state index in [1.165, 1.54) is 31.7 Å². The molecule has 1 fully saturated rings. The number of H-pyrrole nitrogens is 1. The molecule has 0 saturated heterocycles. The van der Waals surface area contributed by atoms with E-state index >= 15 is 0 Å². The maximum absolute atomic E-state index is 14.7. The Hall–Kier alpha value is -2.56. The molecular weight excluding hydrogens is 343 g/mol. The molecule has 0 aliphatic heterocycles. The molecule has 2 aromatic heterocycles. The van der Waals surface area contributed by atoms with Gasteiger partial charge < -0.3 is 14.5 Å². The van der Waals surface area contributed by atoms with Crippen LogP contribution in [0.4, 0.5) is 4.39 Å².